The maximum absolute atomic E-state index is 13.0. The van der Waals surface area contributed by atoms with Gasteiger partial charge in [-0.3, -0.25) is 0 Å². The predicted octanol–water partition coefficient (Wildman–Crippen LogP) is 3.61. The van der Waals surface area contributed by atoms with E-state index in [1.807, 2.05) is 6.07 Å². The Kier molecular flexibility index (Phi) is 5.62. The van der Waals surface area contributed by atoms with Crippen molar-refractivity contribution in [2.75, 3.05) is 31.6 Å². The second-order valence-corrected chi connectivity index (χ2v) is 11.8. The van der Waals surface area contributed by atoms with E-state index in [9.17, 15) is 8.42 Å². The number of aromatic nitrogens is 3. The van der Waals surface area contributed by atoms with Crippen LogP contribution in [0, 0.1) is 0 Å². The third-order valence-electron chi connectivity index (χ3n) is 7.04. The number of nitrogens with zero attached hydrogens (tertiary/aromatic N) is 4. The van der Waals surface area contributed by atoms with E-state index >= 15 is 0 Å². The molecule has 0 bridgehead atoms. The lowest BCUT2D eigenvalue weighted by atomic mass is 10.1. The average molecular weight is 496 g/mol. The molecule has 0 amide bonds. The van der Waals surface area contributed by atoms with Gasteiger partial charge >= 0.3 is 0 Å². The van der Waals surface area contributed by atoms with Crippen molar-refractivity contribution in [3.8, 4) is 17.0 Å². The number of fused-ring (bicyclic) bond motifs is 1. The molecule has 10 heteroatoms. The van der Waals surface area contributed by atoms with Crippen LogP contribution in [0.4, 0.5) is 5.95 Å². The van der Waals surface area contributed by atoms with Crippen LogP contribution < -0.4 is 10.1 Å². The number of rotatable bonds is 7. The highest BCUT2D eigenvalue weighted by Crippen LogP contribution is 2.39. The molecule has 0 unspecified atom stereocenters. The van der Waals surface area contributed by atoms with Crippen LogP contribution in [0.2, 0.25) is 0 Å². The molecule has 184 valence electrons. The van der Waals surface area contributed by atoms with Crippen LogP contribution in [0.5, 0.6) is 5.88 Å². The molecule has 0 atom stereocenters. The third kappa shape index (κ3) is 4.46. The topological polar surface area (TPSA) is 107 Å². The van der Waals surface area contributed by atoms with Gasteiger partial charge in [0.2, 0.25) is 21.9 Å². The van der Waals surface area contributed by atoms with E-state index in [0.717, 1.165) is 43.2 Å². The van der Waals surface area contributed by atoms with Gasteiger partial charge in [0.15, 0.2) is 0 Å². The van der Waals surface area contributed by atoms with Crippen molar-refractivity contribution in [3.05, 3.63) is 36.7 Å². The van der Waals surface area contributed by atoms with Crippen molar-refractivity contribution in [3.63, 3.8) is 0 Å². The molecule has 1 N–H and O–H groups in total. The van der Waals surface area contributed by atoms with Crippen LogP contribution in [-0.4, -0.2) is 65.6 Å². The predicted molar refractivity (Wildman–Crippen MR) is 132 cm³/mol. The standard InChI is InChI=1S/C25H29N5O4S/c1-25(8-9-25)29-24-27-16-21-22(28-24)20(15-26-23(21)34-18-6-12-33-13-7-18)17-4-2-5-19(14-17)35(31,32)30-10-3-11-30/h2,4-5,14-16,18H,3,6-13H2,1H3,(H,27,28,29). The molecule has 2 aliphatic heterocycles. The summed E-state index contributed by atoms with van der Waals surface area (Å²) in [4.78, 5) is 14.3. The summed E-state index contributed by atoms with van der Waals surface area (Å²) in [5.74, 6) is 1.04. The highest BCUT2D eigenvalue weighted by molar-refractivity contribution is 7.89. The highest BCUT2D eigenvalue weighted by atomic mass is 32.2. The maximum Gasteiger partial charge on any atom is 0.243 e. The smallest absolute Gasteiger partial charge is 0.243 e. The van der Waals surface area contributed by atoms with Crippen LogP contribution in [0.1, 0.15) is 39.0 Å². The minimum Gasteiger partial charge on any atom is -0.474 e. The van der Waals surface area contributed by atoms with Crippen LogP contribution in [0.3, 0.4) is 0 Å². The monoisotopic (exact) mass is 495 g/mol. The quantitative estimate of drug-likeness (QED) is 0.530. The number of nitrogens with one attached hydrogen (secondary N) is 1. The van der Waals surface area contributed by atoms with E-state index in [4.69, 9.17) is 14.5 Å². The largest absolute Gasteiger partial charge is 0.474 e. The Hall–Kier alpha value is -2.82. The average Bonchev–Trinajstić information content (AvgIpc) is 3.55. The zero-order chi connectivity index (χ0) is 24.0. The number of benzene rings is 1. The first-order valence-electron chi connectivity index (χ1n) is 12.2. The summed E-state index contributed by atoms with van der Waals surface area (Å²) in [6, 6.07) is 7.01. The first kappa shape index (κ1) is 22.6. The van der Waals surface area contributed by atoms with Gasteiger partial charge in [-0.15, -0.1) is 0 Å². The van der Waals surface area contributed by atoms with Gasteiger partial charge in [0.1, 0.15) is 6.10 Å². The molecule has 1 aliphatic carbocycles. The zero-order valence-corrected chi connectivity index (χ0v) is 20.6. The van der Waals surface area contributed by atoms with E-state index < -0.39 is 10.0 Å². The molecule has 1 saturated carbocycles. The van der Waals surface area contributed by atoms with Crippen LogP contribution in [0.15, 0.2) is 41.6 Å². The molecule has 3 aliphatic rings. The second-order valence-electron chi connectivity index (χ2n) is 9.83. The van der Waals surface area contributed by atoms with Gasteiger partial charge in [0, 0.05) is 49.4 Å². The van der Waals surface area contributed by atoms with E-state index in [1.54, 1.807) is 30.6 Å². The van der Waals surface area contributed by atoms with Crippen LogP contribution >= 0.6 is 0 Å². The fourth-order valence-corrected chi connectivity index (χ4v) is 5.96. The summed E-state index contributed by atoms with van der Waals surface area (Å²) in [7, 11) is -3.51. The van der Waals surface area contributed by atoms with Gasteiger partial charge in [0.05, 0.1) is 29.0 Å². The minimum absolute atomic E-state index is 0.0213. The van der Waals surface area contributed by atoms with Gasteiger partial charge in [0.25, 0.3) is 0 Å². The number of anilines is 1. The molecule has 9 nitrogen and oxygen atoms in total. The number of hydrogen-bond acceptors (Lipinski definition) is 8. The van der Waals surface area contributed by atoms with Crippen molar-refractivity contribution in [1.29, 1.82) is 0 Å². The Morgan fingerprint density at radius 3 is 2.66 bits per heavy atom. The van der Waals surface area contributed by atoms with Crippen molar-refractivity contribution in [1.82, 2.24) is 19.3 Å². The molecule has 0 radical (unpaired) electrons. The molecule has 0 spiro atoms. The molecule has 4 heterocycles. The Labute approximate surface area is 204 Å². The fraction of sp³-hybridized carbons (Fsp3) is 0.480. The molecular weight excluding hydrogens is 466 g/mol. The molecule has 2 aromatic heterocycles. The molecule has 3 fully saturated rings. The normalized spacial score (nSPS) is 20.4. The summed E-state index contributed by atoms with van der Waals surface area (Å²) in [5.41, 5.74) is 2.19. The first-order valence-corrected chi connectivity index (χ1v) is 13.6. The lowest BCUT2D eigenvalue weighted by molar-refractivity contribution is 0.0244. The van der Waals surface area contributed by atoms with E-state index in [2.05, 4.69) is 22.2 Å². The summed E-state index contributed by atoms with van der Waals surface area (Å²) in [6.45, 7) is 4.62. The number of sulfonamides is 1. The van der Waals surface area contributed by atoms with Crippen molar-refractivity contribution < 1.29 is 17.9 Å². The van der Waals surface area contributed by atoms with E-state index in [1.165, 1.54) is 4.31 Å². The number of pyridine rings is 1. The summed E-state index contributed by atoms with van der Waals surface area (Å²) < 4.78 is 39.2. The summed E-state index contributed by atoms with van der Waals surface area (Å²) in [5, 5.41) is 4.13. The number of ether oxygens (including phenoxy) is 2. The fourth-order valence-electron chi connectivity index (χ4n) is 4.40. The number of hydrogen-bond donors (Lipinski definition) is 1. The molecule has 3 aromatic rings. The minimum atomic E-state index is -3.51. The Balaban J connectivity index is 1.43. The molecule has 2 saturated heterocycles. The van der Waals surface area contributed by atoms with Gasteiger partial charge in [-0.2, -0.15) is 4.31 Å². The van der Waals surface area contributed by atoms with Crippen molar-refractivity contribution in [2.24, 2.45) is 0 Å². The summed E-state index contributed by atoms with van der Waals surface area (Å²) >= 11 is 0. The van der Waals surface area contributed by atoms with Gasteiger partial charge in [-0.25, -0.2) is 23.4 Å². The highest BCUT2D eigenvalue weighted by Gasteiger charge is 2.38. The summed E-state index contributed by atoms with van der Waals surface area (Å²) in [6.07, 6.45) is 8.16. The Bertz CT molecular complexity index is 1370. The molecule has 35 heavy (non-hydrogen) atoms. The SMILES string of the molecule is CC1(Nc2ncc3c(OC4CCOCC4)ncc(-c4cccc(S(=O)(=O)N5CCC5)c4)c3n2)CC1. The van der Waals surface area contributed by atoms with Crippen LogP contribution in [-0.2, 0) is 14.8 Å². The lowest BCUT2D eigenvalue weighted by Crippen LogP contribution is -2.41. The molecule has 6 rings (SSSR count). The third-order valence-corrected chi connectivity index (χ3v) is 8.94. The van der Waals surface area contributed by atoms with Gasteiger partial charge < -0.3 is 14.8 Å². The van der Waals surface area contributed by atoms with Gasteiger partial charge in [-0.05, 0) is 43.9 Å². The van der Waals surface area contributed by atoms with Gasteiger partial charge in [-0.1, -0.05) is 12.1 Å². The zero-order valence-electron chi connectivity index (χ0n) is 19.7. The van der Waals surface area contributed by atoms with Crippen molar-refractivity contribution >= 4 is 26.9 Å². The molecule has 1 aromatic carbocycles. The first-order chi connectivity index (χ1) is 16.9. The van der Waals surface area contributed by atoms with Crippen molar-refractivity contribution in [2.45, 2.75) is 55.6 Å². The second kappa shape index (κ2) is 8.69. The Morgan fingerprint density at radius 2 is 1.94 bits per heavy atom. The van der Waals surface area contributed by atoms with E-state index in [0.29, 0.717) is 49.0 Å². The Morgan fingerprint density at radius 1 is 1.14 bits per heavy atom. The molecular formula is C25H29N5O4S. The van der Waals surface area contributed by atoms with E-state index in [-0.39, 0.29) is 16.5 Å². The van der Waals surface area contributed by atoms with Crippen LogP contribution in [0.25, 0.3) is 22.0 Å². The lowest BCUT2D eigenvalue weighted by Gasteiger charge is -2.29. The maximum atomic E-state index is 13.0.